The minimum atomic E-state index is -0.276. The first-order valence-corrected chi connectivity index (χ1v) is 8.33. The predicted molar refractivity (Wildman–Crippen MR) is 93.1 cm³/mol. The molecule has 0 fully saturated rings. The van der Waals surface area contributed by atoms with E-state index in [1.807, 2.05) is 7.05 Å². The van der Waals surface area contributed by atoms with Crippen molar-refractivity contribution in [1.82, 2.24) is 25.2 Å². The van der Waals surface area contributed by atoms with Gasteiger partial charge < -0.3 is 9.84 Å². The van der Waals surface area contributed by atoms with Gasteiger partial charge >= 0.3 is 0 Å². The molecule has 1 aromatic carbocycles. The molecule has 25 heavy (non-hydrogen) atoms. The van der Waals surface area contributed by atoms with Crippen LogP contribution in [-0.4, -0.2) is 33.0 Å². The summed E-state index contributed by atoms with van der Waals surface area (Å²) in [7, 11) is 1.90. The van der Waals surface area contributed by atoms with E-state index in [1.54, 1.807) is 23.0 Å². The first kappa shape index (κ1) is 17.3. The lowest BCUT2D eigenvalue weighted by molar-refractivity contribution is 0.417. The van der Waals surface area contributed by atoms with Crippen LogP contribution in [0.15, 0.2) is 35.0 Å². The largest absolute Gasteiger partial charge is 0.334 e. The molecule has 0 radical (unpaired) electrons. The molecule has 0 aliphatic rings. The van der Waals surface area contributed by atoms with Gasteiger partial charge in [-0.05, 0) is 44.2 Å². The fraction of sp³-hybridized carbons (Fsp3) is 0.389. The molecule has 0 aliphatic carbocycles. The van der Waals surface area contributed by atoms with E-state index >= 15 is 0 Å². The average Bonchev–Trinajstić information content (AvgIpc) is 3.22. The molecule has 0 amide bonds. The van der Waals surface area contributed by atoms with Gasteiger partial charge in [0.1, 0.15) is 5.82 Å². The lowest BCUT2D eigenvalue weighted by Crippen LogP contribution is -2.24. The van der Waals surface area contributed by atoms with E-state index < -0.39 is 0 Å². The monoisotopic (exact) mass is 343 g/mol. The molecule has 2 aromatic heterocycles. The van der Waals surface area contributed by atoms with Gasteiger partial charge in [0.05, 0.1) is 23.1 Å². The van der Waals surface area contributed by atoms with Crippen LogP contribution >= 0.6 is 0 Å². The summed E-state index contributed by atoms with van der Waals surface area (Å²) >= 11 is 0. The molecule has 7 heteroatoms. The number of halogens is 1. The van der Waals surface area contributed by atoms with Crippen molar-refractivity contribution in [2.24, 2.45) is 0 Å². The summed E-state index contributed by atoms with van der Waals surface area (Å²) < 4.78 is 20.4. The fourth-order valence-corrected chi connectivity index (χ4v) is 2.69. The quantitative estimate of drug-likeness (QED) is 0.743. The van der Waals surface area contributed by atoms with Crippen molar-refractivity contribution >= 4 is 0 Å². The number of likely N-dealkylation sites (N-methyl/N-ethyl adjacent to an activating group) is 1. The van der Waals surface area contributed by atoms with Crippen molar-refractivity contribution in [1.29, 1.82) is 0 Å². The Morgan fingerprint density at radius 3 is 2.56 bits per heavy atom. The van der Waals surface area contributed by atoms with E-state index in [4.69, 9.17) is 4.52 Å². The van der Waals surface area contributed by atoms with Gasteiger partial charge in [0.15, 0.2) is 5.82 Å². The second kappa shape index (κ2) is 7.14. The highest BCUT2D eigenvalue weighted by molar-refractivity contribution is 5.58. The molecule has 1 N–H and O–H groups in total. The zero-order valence-electron chi connectivity index (χ0n) is 14.8. The maximum absolute atomic E-state index is 13.2. The molecule has 0 aliphatic heterocycles. The summed E-state index contributed by atoms with van der Waals surface area (Å²) in [6.07, 6.45) is 2.40. The van der Waals surface area contributed by atoms with Gasteiger partial charge in [0.25, 0.3) is 5.89 Å². The Morgan fingerprint density at radius 2 is 1.92 bits per heavy atom. The second-order valence-corrected chi connectivity index (χ2v) is 6.40. The molecule has 0 spiro atoms. The normalized spacial score (nSPS) is 12.7. The molecule has 132 valence electrons. The van der Waals surface area contributed by atoms with Gasteiger partial charge in [-0.3, -0.25) is 0 Å². The third-order valence-electron chi connectivity index (χ3n) is 4.10. The van der Waals surface area contributed by atoms with Gasteiger partial charge in [0.2, 0.25) is 0 Å². The summed E-state index contributed by atoms with van der Waals surface area (Å²) in [4.78, 5) is 4.50. The Morgan fingerprint density at radius 1 is 1.20 bits per heavy atom. The molecule has 1 atom stereocenters. The Bertz CT molecular complexity index is 838. The topological polar surface area (TPSA) is 68.8 Å². The molecule has 3 rings (SSSR count). The van der Waals surface area contributed by atoms with Crippen LogP contribution in [0, 0.1) is 5.82 Å². The molecule has 0 saturated carbocycles. The third-order valence-corrected chi connectivity index (χ3v) is 4.10. The number of rotatable bonds is 6. The van der Waals surface area contributed by atoms with Crippen molar-refractivity contribution < 1.29 is 8.91 Å². The smallest absolute Gasteiger partial charge is 0.261 e. The standard InChI is InChI=1S/C18H22FN5O/c1-11(2)17-15(18-22-16(23-25-18)9-12(3)20-4)10-21-24(17)14-7-5-13(19)6-8-14/h5-8,10-12,20H,9H2,1-4H3. The molecule has 0 bridgehead atoms. The zero-order valence-corrected chi connectivity index (χ0v) is 14.8. The molecule has 1 unspecified atom stereocenters. The van der Waals surface area contributed by atoms with Gasteiger partial charge in [-0.25, -0.2) is 9.07 Å². The van der Waals surface area contributed by atoms with Gasteiger partial charge in [-0.15, -0.1) is 0 Å². The average molecular weight is 343 g/mol. The Kier molecular flexibility index (Phi) is 4.94. The van der Waals surface area contributed by atoms with Crippen molar-refractivity contribution in [2.45, 2.75) is 39.2 Å². The summed E-state index contributed by atoms with van der Waals surface area (Å²) in [5.74, 6) is 1.01. The number of nitrogens with one attached hydrogen (secondary N) is 1. The lowest BCUT2D eigenvalue weighted by Gasteiger charge is -2.11. The first-order chi connectivity index (χ1) is 12.0. The molecular weight excluding hydrogens is 321 g/mol. The Hall–Kier alpha value is -2.54. The summed E-state index contributed by atoms with van der Waals surface area (Å²) in [6.45, 7) is 6.20. The van der Waals surface area contributed by atoms with Gasteiger partial charge in [0, 0.05) is 12.5 Å². The van der Waals surface area contributed by atoms with E-state index in [0.29, 0.717) is 18.1 Å². The minimum Gasteiger partial charge on any atom is -0.334 e. The third kappa shape index (κ3) is 3.61. The van der Waals surface area contributed by atoms with Crippen molar-refractivity contribution in [3.63, 3.8) is 0 Å². The highest BCUT2D eigenvalue weighted by Crippen LogP contribution is 2.30. The van der Waals surface area contributed by atoms with Crippen LogP contribution in [0.25, 0.3) is 17.1 Å². The van der Waals surface area contributed by atoms with Crippen molar-refractivity contribution in [3.05, 3.63) is 47.8 Å². The predicted octanol–water partition coefficient (Wildman–Crippen LogP) is 3.34. The van der Waals surface area contributed by atoms with E-state index in [2.05, 4.69) is 41.3 Å². The highest BCUT2D eigenvalue weighted by atomic mass is 19.1. The molecule has 0 saturated heterocycles. The van der Waals surface area contributed by atoms with Crippen LogP contribution in [0.1, 0.15) is 38.2 Å². The highest BCUT2D eigenvalue weighted by Gasteiger charge is 2.21. The van der Waals surface area contributed by atoms with E-state index in [9.17, 15) is 4.39 Å². The van der Waals surface area contributed by atoms with E-state index in [0.717, 1.165) is 16.9 Å². The van der Waals surface area contributed by atoms with Crippen LogP contribution in [0.5, 0.6) is 0 Å². The first-order valence-electron chi connectivity index (χ1n) is 8.33. The lowest BCUT2D eigenvalue weighted by atomic mass is 10.1. The number of nitrogens with zero attached hydrogens (tertiary/aromatic N) is 4. The van der Waals surface area contributed by atoms with Crippen molar-refractivity contribution in [2.75, 3.05) is 7.05 Å². The molecular formula is C18H22FN5O. The molecule has 6 nitrogen and oxygen atoms in total. The number of benzene rings is 1. The SMILES string of the molecule is CNC(C)Cc1noc(-c2cnn(-c3ccc(F)cc3)c2C(C)C)n1. The van der Waals surface area contributed by atoms with Crippen molar-refractivity contribution in [3.8, 4) is 17.1 Å². The fourth-order valence-electron chi connectivity index (χ4n) is 2.69. The zero-order chi connectivity index (χ0) is 18.0. The van der Waals surface area contributed by atoms with Gasteiger partial charge in [-0.1, -0.05) is 19.0 Å². The van der Waals surface area contributed by atoms with Crippen LogP contribution < -0.4 is 5.32 Å². The van der Waals surface area contributed by atoms with Gasteiger partial charge in [-0.2, -0.15) is 10.1 Å². The molecule has 2 heterocycles. The summed E-state index contributed by atoms with van der Waals surface area (Å²) in [5.41, 5.74) is 2.54. The summed E-state index contributed by atoms with van der Waals surface area (Å²) in [6, 6.07) is 6.50. The Balaban J connectivity index is 1.99. The number of hydrogen-bond acceptors (Lipinski definition) is 5. The van der Waals surface area contributed by atoms with E-state index in [1.165, 1.54) is 12.1 Å². The number of aromatic nitrogens is 4. The maximum atomic E-state index is 13.2. The van der Waals surface area contributed by atoms with Crippen LogP contribution in [0.2, 0.25) is 0 Å². The Labute approximate surface area is 146 Å². The summed E-state index contributed by atoms with van der Waals surface area (Å²) in [5, 5.41) is 11.7. The van der Waals surface area contributed by atoms with Crippen LogP contribution in [-0.2, 0) is 6.42 Å². The van der Waals surface area contributed by atoms with Crippen LogP contribution in [0.4, 0.5) is 4.39 Å². The van der Waals surface area contributed by atoms with E-state index in [-0.39, 0.29) is 17.8 Å². The van der Waals surface area contributed by atoms with Crippen LogP contribution in [0.3, 0.4) is 0 Å². The number of hydrogen-bond donors (Lipinski definition) is 1. The minimum absolute atomic E-state index is 0.175. The second-order valence-electron chi connectivity index (χ2n) is 6.40. The maximum Gasteiger partial charge on any atom is 0.261 e. The molecule has 3 aromatic rings.